The molecule has 0 atom stereocenters. The van der Waals surface area contributed by atoms with Gasteiger partial charge in [-0.25, -0.2) is 0 Å². The monoisotopic (exact) mass is 241 g/mol. The van der Waals surface area contributed by atoms with Crippen LogP contribution >= 0.6 is 0 Å². The predicted octanol–water partition coefficient (Wildman–Crippen LogP) is 0.741. The fraction of sp³-hybridized carbons (Fsp3) is 0.222. The van der Waals surface area contributed by atoms with Crippen LogP contribution in [0.3, 0.4) is 0 Å². The Balaban J connectivity index is 3.42. The van der Waals surface area contributed by atoms with Gasteiger partial charge in [0.2, 0.25) is 0 Å². The quantitative estimate of drug-likeness (QED) is 0.667. The zero-order chi connectivity index (χ0) is 13.2. The molecular weight excluding hydrogens is 230 g/mol. The maximum atomic E-state index is 11.4. The van der Waals surface area contributed by atoms with Crippen molar-refractivity contribution in [1.29, 1.82) is 0 Å². The third-order valence-electron chi connectivity index (χ3n) is 2.25. The second kappa shape index (κ2) is 4.97. The fourth-order valence-corrected chi connectivity index (χ4v) is 1.36. The minimum atomic E-state index is -0.700. The lowest BCUT2D eigenvalue weighted by Gasteiger charge is -2.39. The Bertz CT molecular complexity index is 404. The summed E-state index contributed by atoms with van der Waals surface area (Å²) in [6, 6.07) is 2.21. The van der Waals surface area contributed by atoms with Crippen molar-refractivity contribution in [2.45, 2.75) is 6.92 Å². The number of hydrogen-bond donors (Lipinski definition) is 3. The Hall–Kier alpha value is -1.87. The van der Waals surface area contributed by atoms with E-state index in [1.807, 2.05) is 0 Å². The Labute approximate surface area is 96.8 Å². The predicted molar refractivity (Wildman–Crippen MR) is 59.8 cm³/mol. The number of benzene rings is 1. The van der Waals surface area contributed by atoms with Gasteiger partial charge in [0.1, 0.15) is 0 Å². The average molecular weight is 241 g/mol. The van der Waals surface area contributed by atoms with Gasteiger partial charge in [0.15, 0.2) is 0 Å². The molecule has 17 heavy (non-hydrogen) atoms. The van der Waals surface area contributed by atoms with Gasteiger partial charge in [-0.3, -0.25) is 15.2 Å². The van der Waals surface area contributed by atoms with Crippen LogP contribution in [0.2, 0.25) is 0 Å². The van der Waals surface area contributed by atoms with Crippen molar-refractivity contribution in [2.24, 2.45) is 0 Å². The van der Waals surface area contributed by atoms with Crippen LogP contribution in [-0.4, -0.2) is 23.4 Å². The molecule has 1 amide bonds. The van der Waals surface area contributed by atoms with Crippen LogP contribution in [0.5, 0.6) is 0 Å². The van der Waals surface area contributed by atoms with Crippen molar-refractivity contribution >= 4 is 17.3 Å². The molecule has 0 aliphatic rings. The van der Waals surface area contributed by atoms with Gasteiger partial charge in [0.25, 0.3) is 5.91 Å². The molecule has 3 N–H and O–H groups in total. The van der Waals surface area contributed by atoms with Crippen LogP contribution in [0, 0.1) is 17.3 Å². The highest BCUT2D eigenvalue weighted by Gasteiger charge is 2.13. The second-order valence-corrected chi connectivity index (χ2v) is 3.27. The topological polar surface area (TPSA) is 122 Å². The van der Waals surface area contributed by atoms with Gasteiger partial charge in [-0.1, -0.05) is 0 Å². The van der Waals surface area contributed by atoms with E-state index in [4.69, 9.17) is 10.4 Å². The standard InChI is InChI=1S/C9H11N3O5/c1-5-7(11(14)15)3-6(9(13)10-2)4-8(5)12(16)17/h3-4,14-15H,1-2H3,(H,10,13)/q-2. The molecule has 0 saturated carbocycles. The zero-order valence-corrected chi connectivity index (χ0v) is 9.17. The van der Waals surface area contributed by atoms with Crippen molar-refractivity contribution in [3.05, 3.63) is 33.7 Å². The van der Waals surface area contributed by atoms with Gasteiger partial charge in [0, 0.05) is 18.3 Å². The van der Waals surface area contributed by atoms with Gasteiger partial charge in [0.05, 0.1) is 5.69 Å². The highest BCUT2D eigenvalue weighted by molar-refractivity contribution is 5.96. The van der Waals surface area contributed by atoms with E-state index >= 15 is 0 Å². The molecule has 94 valence electrons. The van der Waals surface area contributed by atoms with Gasteiger partial charge in [-0.2, -0.15) is 0 Å². The van der Waals surface area contributed by atoms with Crippen LogP contribution < -0.4 is 15.8 Å². The van der Waals surface area contributed by atoms with E-state index < -0.39 is 11.1 Å². The highest BCUT2D eigenvalue weighted by atomic mass is 16.8. The number of hydrogen-bond acceptors (Lipinski definition) is 7. The maximum Gasteiger partial charge on any atom is 0.251 e. The molecule has 1 aromatic rings. The SMILES string of the molecule is CNC(=O)c1cc(N([O-])[O-])c(C)c(N(O)O)c1. The Morgan fingerprint density at radius 2 is 1.82 bits per heavy atom. The molecule has 0 heterocycles. The van der Waals surface area contributed by atoms with Crippen molar-refractivity contribution in [3.63, 3.8) is 0 Å². The van der Waals surface area contributed by atoms with E-state index in [-0.39, 0.29) is 27.7 Å². The third-order valence-corrected chi connectivity index (χ3v) is 2.25. The molecule has 0 spiro atoms. The number of amides is 1. The van der Waals surface area contributed by atoms with Gasteiger partial charge in [-0.05, 0) is 24.6 Å². The first-order valence-electron chi connectivity index (χ1n) is 4.57. The fourth-order valence-electron chi connectivity index (χ4n) is 1.36. The van der Waals surface area contributed by atoms with E-state index in [2.05, 4.69) is 5.32 Å². The largest absolute Gasteiger partial charge is 0.769 e. The Kier molecular flexibility index (Phi) is 3.86. The lowest BCUT2D eigenvalue weighted by molar-refractivity contribution is 0.0288. The highest BCUT2D eigenvalue weighted by Crippen LogP contribution is 2.29. The summed E-state index contributed by atoms with van der Waals surface area (Å²) >= 11 is 0. The molecule has 0 fully saturated rings. The molecular formula is C9H11N3O5-2. The smallest absolute Gasteiger partial charge is 0.251 e. The lowest BCUT2D eigenvalue weighted by atomic mass is 10.1. The first kappa shape index (κ1) is 13.2. The minimum absolute atomic E-state index is 0.0344. The summed E-state index contributed by atoms with van der Waals surface area (Å²) in [6.45, 7) is 1.35. The van der Waals surface area contributed by atoms with Crippen LogP contribution in [-0.2, 0) is 0 Å². The molecule has 1 aromatic carbocycles. The average Bonchev–Trinajstić information content (AvgIpc) is 2.27. The summed E-state index contributed by atoms with van der Waals surface area (Å²) in [5.41, 5.74) is -0.576. The number of nitrogens with one attached hydrogen (secondary N) is 1. The molecule has 0 radical (unpaired) electrons. The Morgan fingerprint density at radius 1 is 1.29 bits per heavy atom. The normalized spacial score (nSPS) is 10.0. The van der Waals surface area contributed by atoms with Crippen LogP contribution in [0.1, 0.15) is 15.9 Å². The number of anilines is 2. The molecule has 0 aromatic heterocycles. The zero-order valence-electron chi connectivity index (χ0n) is 9.17. The summed E-state index contributed by atoms with van der Waals surface area (Å²) in [7, 11) is 1.36. The summed E-state index contributed by atoms with van der Waals surface area (Å²) in [4.78, 5) is 11.4. The van der Waals surface area contributed by atoms with E-state index in [1.54, 1.807) is 0 Å². The van der Waals surface area contributed by atoms with Crippen molar-refractivity contribution in [2.75, 3.05) is 17.5 Å². The van der Waals surface area contributed by atoms with E-state index in [0.717, 1.165) is 12.1 Å². The number of carbonyl (C=O) groups is 1. The summed E-state index contributed by atoms with van der Waals surface area (Å²) in [5, 5.41) is 40.7. The molecule has 0 unspecified atom stereocenters. The molecule has 8 heteroatoms. The molecule has 0 saturated heterocycles. The van der Waals surface area contributed by atoms with E-state index in [9.17, 15) is 15.2 Å². The van der Waals surface area contributed by atoms with Crippen LogP contribution in [0.4, 0.5) is 11.4 Å². The van der Waals surface area contributed by atoms with Crippen molar-refractivity contribution in [1.82, 2.24) is 5.32 Å². The lowest BCUT2D eigenvalue weighted by Crippen LogP contribution is -2.21. The molecule has 8 nitrogen and oxygen atoms in total. The van der Waals surface area contributed by atoms with Crippen molar-refractivity contribution < 1.29 is 15.2 Å². The number of rotatable bonds is 3. The summed E-state index contributed by atoms with van der Waals surface area (Å²) in [5.74, 6) is -0.559. The van der Waals surface area contributed by atoms with Crippen LogP contribution in [0.25, 0.3) is 0 Å². The second-order valence-electron chi connectivity index (χ2n) is 3.27. The van der Waals surface area contributed by atoms with Gasteiger partial charge < -0.3 is 21.0 Å². The van der Waals surface area contributed by atoms with Crippen LogP contribution in [0.15, 0.2) is 12.1 Å². The maximum absolute atomic E-state index is 11.4. The van der Waals surface area contributed by atoms with Gasteiger partial charge in [-0.15, -0.1) is 5.23 Å². The van der Waals surface area contributed by atoms with E-state index in [0.29, 0.717) is 0 Å². The molecule has 0 bridgehead atoms. The first-order chi connectivity index (χ1) is 7.88. The minimum Gasteiger partial charge on any atom is -0.769 e. The van der Waals surface area contributed by atoms with E-state index in [1.165, 1.54) is 14.0 Å². The number of nitrogens with zero attached hydrogens (tertiary/aromatic N) is 2. The van der Waals surface area contributed by atoms with Crippen molar-refractivity contribution in [3.8, 4) is 0 Å². The van der Waals surface area contributed by atoms with Gasteiger partial charge >= 0.3 is 0 Å². The molecule has 0 aliphatic heterocycles. The molecule has 0 aliphatic carbocycles. The Morgan fingerprint density at radius 3 is 2.24 bits per heavy atom. The summed E-state index contributed by atoms with van der Waals surface area (Å²) < 4.78 is 0. The first-order valence-corrected chi connectivity index (χ1v) is 4.57. The summed E-state index contributed by atoms with van der Waals surface area (Å²) in [6.07, 6.45) is 0. The number of carbonyl (C=O) groups excluding carboxylic acids is 1. The third kappa shape index (κ3) is 2.63. The molecule has 1 rings (SSSR count).